The molecule has 146 valence electrons. The molecule has 2 saturated carbocycles. The van der Waals surface area contributed by atoms with Crippen molar-refractivity contribution < 1.29 is 19.8 Å². The molecule has 3 aliphatic rings. The van der Waals surface area contributed by atoms with E-state index in [1.165, 1.54) is 11.8 Å². The Morgan fingerprint density at radius 2 is 2.15 bits per heavy atom. The van der Waals surface area contributed by atoms with Crippen LogP contribution in [0.15, 0.2) is 16.8 Å². The van der Waals surface area contributed by atoms with Crippen LogP contribution >= 0.6 is 0 Å². The van der Waals surface area contributed by atoms with Gasteiger partial charge in [0.25, 0.3) is 0 Å². The Morgan fingerprint density at radius 1 is 1.38 bits per heavy atom. The molecule has 0 heterocycles. The number of aliphatic hydroxyl groups excluding tert-OH is 1. The van der Waals surface area contributed by atoms with Crippen molar-refractivity contribution in [3.05, 3.63) is 11.6 Å². The molecule has 0 saturated heterocycles. The number of esters is 1. The van der Waals surface area contributed by atoms with Gasteiger partial charge in [0, 0.05) is 6.21 Å². The largest absolute Gasteiger partial charge is 0.466 e. The van der Waals surface area contributed by atoms with Crippen LogP contribution in [0, 0.1) is 28.6 Å². The van der Waals surface area contributed by atoms with Gasteiger partial charge in [-0.3, -0.25) is 4.79 Å². The minimum absolute atomic E-state index is 0.109. The summed E-state index contributed by atoms with van der Waals surface area (Å²) in [4.78, 5) is 12.8. The second-order valence-corrected chi connectivity index (χ2v) is 8.87. The molecular weight excluding hydrogens is 330 g/mol. The number of ether oxygens (including phenoxy) is 1. The van der Waals surface area contributed by atoms with Gasteiger partial charge in [-0.05, 0) is 82.0 Å². The van der Waals surface area contributed by atoms with Gasteiger partial charge in [0.15, 0.2) is 0 Å². The molecule has 0 aromatic rings. The molecule has 0 unspecified atom stereocenters. The number of fused-ring (bicyclic) bond motifs is 3. The van der Waals surface area contributed by atoms with E-state index >= 15 is 0 Å². The number of hydrogen-bond donors (Lipinski definition) is 2. The van der Waals surface area contributed by atoms with Gasteiger partial charge in [-0.1, -0.05) is 18.6 Å². The number of nitrogens with zero attached hydrogens (tertiary/aromatic N) is 1. The molecule has 5 nitrogen and oxygen atoms in total. The van der Waals surface area contributed by atoms with Crippen molar-refractivity contribution in [2.45, 2.75) is 71.8 Å². The minimum Gasteiger partial charge on any atom is -0.466 e. The Balaban J connectivity index is 1.94. The van der Waals surface area contributed by atoms with Crippen molar-refractivity contribution >= 4 is 12.2 Å². The first-order valence-corrected chi connectivity index (χ1v) is 10.1. The molecule has 0 bridgehead atoms. The summed E-state index contributed by atoms with van der Waals surface area (Å²) in [5.41, 5.74) is 0.993. The first-order chi connectivity index (χ1) is 12.4. The number of hydrogen-bond acceptors (Lipinski definition) is 5. The number of carbonyl (C=O) groups excluding carboxylic acids is 1. The standard InChI is InChI=1S/C21H33NO4/c1-4-26-19(24)21(3)11-8-17-16(18(21)9-12-22-25)6-5-14-13-15(23)7-10-20(14,17)2/h5,12,15-18,23,25H,4,6-11,13H2,1-3H3/b22-12-/t15-,16+,17-,18-,20+,21+/m1/s1. The topological polar surface area (TPSA) is 79.1 Å². The third-order valence-electron chi connectivity index (χ3n) is 7.65. The van der Waals surface area contributed by atoms with Crippen LogP contribution in [0.3, 0.4) is 0 Å². The predicted octanol–water partition coefficient (Wildman–Crippen LogP) is 3.93. The number of carbonyl (C=O) groups is 1. The normalized spacial score (nSPS) is 42.7. The summed E-state index contributed by atoms with van der Waals surface area (Å²) in [5, 5.41) is 22.3. The van der Waals surface area contributed by atoms with Crippen LogP contribution in [0.4, 0.5) is 0 Å². The Bertz CT molecular complexity index is 601. The van der Waals surface area contributed by atoms with E-state index in [4.69, 9.17) is 9.94 Å². The van der Waals surface area contributed by atoms with Crippen molar-refractivity contribution in [1.82, 2.24) is 0 Å². The Kier molecular flexibility index (Phi) is 5.48. The van der Waals surface area contributed by atoms with E-state index in [2.05, 4.69) is 18.2 Å². The highest BCUT2D eigenvalue weighted by molar-refractivity contribution is 5.78. The smallest absolute Gasteiger partial charge is 0.312 e. The maximum atomic E-state index is 12.8. The van der Waals surface area contributed by atoms with E-state index in [0.29, 0.717) is 24.9 Å². The number of aliphatic hydroxyl groups is 1. The molecule has 0 radical (unpaired) electrons. The molecule has 5 heteroatoms. The van der Waals surface area contributed by atoms with Crippen LogP contribution in [-0.4, -0.2) is 35.2 Å². The Labute approximate surface area is 156 Å². The molecule has 6 atom stereocenters. The SMILES string of the molecule is CCOC(=O)[C@@]1(C)CC[C@@H]2[C@H](CC=C3C[C@H](O)CC[C@@]32C)[C@H]1C/C=N\O. The molecule has 0 spiro atoms. The predicted molar refractivity (Wildman–Crippen MR) is 100 cm³/mol. The van der Waals surface area contributed by atoms with Gasteiger partial charge >= 0.3 is 5.97 Å². The van der Waals surface area contributed by atoms with Crippen LogP contribution in [0.25, 0.3) is 0 Å². The van der Waals surface area contributed by atoms with Crippen LogP contribution < -0.4 is 0 Å². The summed E-state index contributed by atoms with van der Waals surface area (Å²) in [6.45, 7) is 6.62. The van der Waals surface area contributed by atoms with Gasteiger partial charge in [0.1, 0.15) is 0 Å². The molecule has 0 aromatic heterocycles. The van der Waals surface area contributed by atoms with E-state index in [-0.39, 0.29) is 23.4 Å². The summed E-state index contributed by atoms with van der Waals surface area (Å²) in [5.74, 6) is 0.876. The molecule has 3 aliphatic carbocycles. The zero-order valence-corrected chi connectivity index (χ0v) is 16.3. The third-order valence-corrected chi connectivity index (χ3v) is 7.65. The number of rotatable bonds is 4. The highest BCUT2D eigenvalue weighted by Gasteiger charge is 2.57. The summed E-state index contributed by atoms with van der Waals surface area (Å²) in [7, 11) is 0. The average molecular weight is 363 g/mol. The lowest BCUT2D eigenvalue weighted by Crippen LogP contribution is -2.53. The molecule has 3 rings (SSSR count). The van der Waals surface area contributed by atoms with Crippen LogP contribution in [0.2, 0.25) is 0 Å². The first-order valence-electron chi connectivity index (χ1n) is 10.1. The molecule has 0 aliphatic heterocycles. The fourth-order valence-corrected chi connectivity index (χ4v) is 6.11. The molecule has 2 fully saturated rings. The molecular formula is C21H33NO4. The van der Waals surface area contributed by atoms with Crippen LogP contribution in [-0.2, 0) is 9.53 Å². The second kappa shape index (κ2) is 7.34. The fraction of sp³-hybridized carbons (Fsp3) is 0.810. The fourth-order valence-electron chi connectivity index (χ4n) is 6.11. The summed E-state index contributed by atoms with van der Waals surface area (Å²) >= 11 is 0. The lowest BCUT2D eigenvalue weighted by Gasteiger charge is -2.57. The molecule has 0 aromatic carbocycles. The van der Waals surface area contributed by atoms with Gasteiger partial charge in [-0.15, -0.1) is 5.16 Å². The monoisotopic (exact) mass is 363 g/mol. The highest BCUT2D eigenvalue weighted by atomic mass is 16.5. The Hall–Kier alpha value is -1.36. The van der Waals surface area contributed by atoms with Gasteiger partial charge < -0.3 is 15.1 Å². The Morgan fingerprint density at radius 3 is 2.85 bits per heavy atom. The van der Waals surface area contributed by atoms with Gasteiger partial charge in [0.2, 0.25) is 0 Å². The lowest BCUT2D eigenvalue weighted by molar-refractivity contribution is -0.166. The van der Waals surface area contributed by atoms with Gasteiger partial charge in [-0.25, -0.2) is 0 Å². The van der Waals surface area contributed by atoms with Crippen LogP contribution in [0.5, 0.6) is 0 Å². The molecule has 0 amide bonds. The van der Waals surface area contributed by atoms with Crippen molar-refractivity contribution in [2.75, 3.05) is 6.61 Å². The van der Waals surface area contributed by atoms with E-state index < -0.39 is 5.41 Å². The van der Waals surface area contributed by atoms with E-state index in [1.807, 2.05) is 13.8 Å². The molecule has 2 N–H and O–H groups in total. The van der Waals surface area contributed by atoms with Crippen molar-refractivity contribution in [3.8, 4) is 0 Å². The zero-order valence-electron chi connectivity index (χ0n) is 16.3. The summed E-state index contributed by atoms with van der Waals surface area (Å²) in [6.07, 6.45) is 9.65. The minimum atomic E-state index is -0.533. The quantitative estimate of drug-likeness (QED) is 0.261. The highest BCUT2D eigenvalue weighted by Crippen LogP contribution is 2.61. The summed E-state index contributed by atoms with van der Waals surface area (Å²) < 4.78 is 5.43. The maximum Gasteiger partial charge on any atom is 0.312 e. The second-order valence-electron chi connectivity index (χ2n) is 8.87. The first kappa shape index (κ1) is 19.4. The average Bonchev–Trinajstić information content (AvgIpc) is 2.61. The van der Waals surface area contributed by atoms with Gasteiger partial charge in [-0.2, -0.15) is 0 Å². The van der Waals surface area contributed by atoms with E-state index in [1.54, 1.807) is 0 Å². The lowest BCUT2D eigenvalue weighted by atomic mass is 9.47. The van der Waals surface area contributed by atoms with Gasteiger partial charge in [0.05, 0.1) is 18.1 Å². The zero-order chi connectivity index (χ0) is 18.9. The number of allylic oxidation sites excluding steroid dienone is 1. The number of oxime groups is 1. The third kappa shape index (κ3) is 3.08. The van der Waals surface area contributed by atoms with Crippen molar-refractivity contribution in [1.29, 1.82) is 0 Å². The summed E-state index contributed by atoms with van der Waals surface area (Å²) in [6, 6.07) is 0. The van der Waals surface area contributed by atoms with Crippen molar-refractivity contribution in [2.24, 2.45) is 33.7 Å². The van der Waals surface area contributed by atoms with E-state index in [9.17, 15) is 9.90 Å². The van der Waals surface area contributed by atoms with E-state index in [0.717, 1.165) is 38.5 Å². The maximum absolute atomic E-state index is 12.8. The molecule has 26 heavy (non-hydrogen) atoms. The van der Waals surface area contributed by atoms with Crippen molar-refractivity contribution in [3.63, 3.8) is 0 Å². The van der Waals surface area contributed by atoms with Crippen LogP contribution in [0.1, 0.15) is 65.7 Å².